The van der Waals surface area contributed by atoms with Crippen molar-refractivity contribution in [3.05, 3.63) is 52.8 Å². The second-order valence-corrected chi connectivity index (χ2v) is 10.6. The van der Waals surface area contributed by atoms with Crippen molar-refractivity contribution in [1.29, 1.82) is 0 Å². The quantitative estimate of drug-likeness (QED) is 0.302. The van der Waals surface area contributed by atoms with E-state index in [0.717, 1.165) is 44.0 Å². The summed E-state index contributed by atoms with van der Waals surface area (Å²) in [6.07, 6.45) is 0.626. The van der Waals surface area contributed by atoms with Crippen LogP contribution < -0.4 is 20.3 Å². The van der Waals surface area contributed by atoms with Crippen molar-refractivity contribution in [3.8, 4) is 5.75 Å². The van der Waals surface area contributed by atoms with E-state index >= 15 is 0 Å². The Hall–Kier alpha value is -3.01. The smallest absolute Gasteiger partial charge is 0.405 e. The average Bonchev–Trinajstić information content (AvgIpc) is 2.87. The summed E-state index contributed by atoms with van der Waals surface area (Å²) in [6.45, 7) is 2.86. The standard InChI is InChI=1S/C28H34ClF4N3O3/c1-18(2)15-36(21-6-4-3-5-7-21)25-11-10-22(39-16-27(38)34-17-28(31,32)33)14-24(25)35-26(37)12-19-8-9-20(29)13-23(19)30/h8-11,13-14,18,21H,3-7,12,15-17H2,1-2H3,(H,34,38)(H,35,37). The van der Waals surface area contributed by atoms with Crippen LogP contribution >= 0.6 is 11.6 Å². The van der Waals surface area contributed by atoms with Crippen molar-refractivity contribution in [2.24, 2.45) is 5.92 Å². The molecule has 0 bridgehead atoms. The molecule has 11 heteroatoms. The van der Waals surface area contributed by atoms with E-state index in [9.17, 15) is 27.2 Å². The minimum absolute atomic E-state index is 0.179. The average molecular weight is 572 g/mol. The minimum Gasteiger partial charge on any atom is -0.484 e. The normalized spacial score (nSPS) is 14.3. The molecule has 1 aliphatic carbocycles. The highest BCUT2D eigenvalue weighted by atomic mass is 35.5. The third kappa shape index (κ3) is 9.91. The highest BCUT2D eigenvalue weighted by molar-refractivity contribution is 6.30. The fourth-order valence-electron chi connectivity index (χ4n) is 4.62. The molecule has 1 saturated carbocycles. The predicted molar refractivity (Wildman–Crippen MR) is 144 cm³/mol. The van der Waals surface area contributed by atoms with Crippen LogP contribution in [0.2, 0.25) is 5.02 Å². The number of hydrogen-bond acceptors (Lipinski definition) is 4. The number of carbonyl (C=O) groups excluding carboxylic acids is 2. The maximum atomic E-state index is 14.3. The van der Waals surface area contributed by atoms with Crippen molar-refractivity contribution < 1.29 is 31.9 Å². The number of rotatable bonds is 11. The summed E-state index contributed by atoms with van der Waals surface area (Å²) < 4.78 is 56.9. The van der Waals surface area contributed by atoms with Gasteiger partial charge in [-0.3, -0.25) is 9.59 Å². The number of anilines is 2. The van der Waals surface area contributed by atoms with Gasteiger partial charge < -0.3 is 20.3 Å². The Morgan fingerprint density at radius 2 is 1.79 bits per heavy atom. The molecule has 0 unspecified atom stereocenters. The van der Waals surface area contributed by atoms with Crippen LogP contribution in [-0.2, 0) is 16.0 Å². The maximum absolute atomic E-state index is 14.3. The Bertz CT molecular complexity index is 1140. The molecular weight excluding hydrogens is 538 g/mol. The maximum Gasteiger partial charge on any atom is 0.405 e. The fourth-order valence-corrected chi connectivity index (χ4v) is 4.78. The van der Waals surface area contributed by atoms with Crippen LogP contribution in [0.4, 0.5) is 28.9 Å². The minimum atomic E-state index is -4.53. The third-order valence-electron chi connectivity index (χ3n) is 6.35. The lowest BCUT2D eigenvalue weighted by molar-refractivity contribution is -0.139. The lowest BCUT2D eigenvalue weighted by Crippen LogP contribution is -2.40. The Labute approximate surface area is 231 Å². The molecule has 0 heterocycles. The Kier molecular flexibility index (Phi) is 10.9. The Morgan fingerprint density at radius 3 is 2.44 bits per heavy atom. The van der Waals surface area contributed by atoms with Gasteiger partial charge in [0.2, 0.25) is 5.91 Å². The number of amides is 2. The first-order valence-electron chi connectivity index (χ1n) is 13.0. The van der Waals surface area contributed by atoms with Crippen molar-refractivity contribution in [3.63, 3.8) is 0 Å². The molecule has 39 heavy (non-hydrogen) atoms. The zero-order valence-corrected chi connectivity index (χ0v) is 22.8. The van der Waals surface area contributed by atoms with Crippen molar-refractivity contribution >= 4 is 34.8 Å². The van der Waals surface area contributed by atoms with Crippen LogP contribution in [0.25, 0.3) is 0 Å². The van der Waals surface area contributed by atoms with Crippen molar-refractivity contribution in [2.75, 3.05) is 29.9 Å². The summed E-state index contributed by atoms with van der Waals surface area (Å²) in [4.78, 5) is 27.1. The molecule has 2 amide bonds. The first-order chi connectivity index (χ1) is 18.4. The molecule has 3 rings (SSSR count). The van der Waals surface area contributed by atoms with Crippen LogP contribution in [0.15, 0.2) is 36.4 Å². The number of alkyl halides is 3. The SMILES string of the molecule is CC(C)CN(c1ccc(OCC(=O)NCC(F)(F)F)cc1NC(=O)Cc1ccc(Cl)cc1F)C1CCCCC1. The Balaban J connectivity index is 1.85. The topological polar surface area (TPSA) is 70.7 Å². The summed E-state index contributed by atoms with van der Waals surface area (Å²) in [6, 6.07) is 9.30. The third-order valence-corrected chi connectivity index (χ3v) is 6.59. The van der Waals surface area contributed by atoms with Gasteiger partial charge in [0, 0.05) is 23.7 Å². The summed E-state index contributed by atoms with van der Waals surface area (Å²) >= 11 is 5.82. The molecule has 2 aromatic carbocycles. The van der Waals surface area contributed by atoms with Crippen LogP contribution in [0.5, 0.6) is 5.75 Å². The second kappa shape index (κ2) is 13.9. The molecule has 0 radical (unpaired) electrons. The molecule has 6 nitrogen and oxygen atoms in total. The van der Waals surface area contributed by atoms with Gasteiger partial charge in [0.15, 0.2) is 6.61 Å². The van der Waals surface area contributed by atoms with E-state index in [-0.39, 0.29) is 28.8 Å². The van der Waals surface area contributed by atoms with E-state index in [1.807, 2.05) is 0 Å². The molecule has 0 aromatic heterocycles. The summed E-state index contributed by atoms with van der Waals surface area (Å²) in [7, 11) is 0. The highest BCUT2D eigenvalue weighted by Crippen LogP contribution is 2.36. The molecular formula is C28H34ClF4N3O3. The van der Waals surface area contributed by atoms with E-state index in [2.05, 4.69) is 24.1 Å². The van der Waals surface area contributed by atoms with Gasteiger partial charge in [-0.05, 0) is 48.6 Å². The van der Waals surface area contributed by atoms with Crippen LogP contribution in [0.3, 0.4) is 0 Å². The molecule has 214 valence electrons. The van der Waals surface area contributed by atoms with Gasteiger partial charge in [-0.15, -0.1) is 0 Å². The molecule has 0 spiro atoms. The van der Waals surface area contributed by atoms with Gasteiger partial charge in [-0.1, -0.05) is 50.8 Å². The molecule has 0 atom stereocenters. The second-order valence-electron chi connectivity index (χ2n) is 10.2. The van der Waals surface area contributed by atoms with Crippen LogP contribution in [0, 0.1) is 11.7 Å². The van der Waals surface area contributed by atoms with Gasteiger partial charge in [0.1, 0.15) is 18.1 Å². The molecule has 0 aliphatic heterocycles. The van der Waals surface area contributed by atoms with E-state index in [4.69, 9.17) is 16.3 Å². The number of hydrogen-bond donors (Lipinski definition) is 2. The first kappa shape index (κ1) is 30.5. The van der Waals surface area contributed by atoms with E-state index in [1.54, 1.807) is 23.5 Å². The van der Waals surface area contributed by atoms with E-state index < -0.39 is 37.0 Å². The van der Waals surface area contributed by atoms with E-state index in [1.165, 1.54) is 18.6 Å². The molecule has 0 saturated heterocycles. The number of benzene rings is 2. The molecule has 2 aromatic rings. The molecule has 1 aliphatic rings. The summed E-state index contributed by atoms with van der Waals surface area (Å²) in [5.74, 6) is -1.47. The van der Waals surface area contributed by atoms with Gasteiger partial charge in [-0.2, -0.15) is 13.2 Å². The van der Waals surface area contributed by atoms with Crippen LogP contribution in [-0.4, -0.2) is 43.7 Å². The summed E-state index contributed by atoms with van der Waals surface area (Å²) in [5, 5.41) is 4.84. The largest absolute Gasteiger partial charge is 0.484 e. The lowest BCUT2D eigenvalue weighted by Gasteiger charge is -2.38. The molecule has 1 fully saturated rings. The van der Waals surface area contributed by atoms with Gasteiger partial charge in [0.25, 0.3) is 5.91 Å². The first-order valence-corrected chi connectivity index (χ1v) is 13.4. The zero-order chi connectivity index (χ0) is 28.6. The van der Waals surface area contributed by atoms with Crippen molar-refractivity contribution in [2.45, 2.75) is 64.6 Å². The summed E-state index contributed by atoms with van der Waals surface area (Å²) in [5.41, 5.74) is 1.35. The van der Waals surface area contributed by atoms with Gasteiger partial charge in [0.05, 0.1) is 17.8 Å². The number of carbonyl (C=O) groups is 2. The van der Waals surface area contributed by atoms with E-state index in [0.29, 0.717) is 11.6 Å². The number of halogens is 5. The molecule has 2 N–H and O–H groups in total. The fraction of sp³-hybridized carbons (Fsp3) is 0.500. The van der Waals surface area contributed by atoms with Crippen molar-refractivity contribution in [1.82, 2.24) is 5.32 Å². The van der Waals surface area contributed by atoms with Gasteiger partial charge in [-0.25, -0.2) is 4.39 Å². The number of ether oxygens (including phenoxy) is 1. The van der Waals surface area contributed by atoms with Crippen LogP contribution in [0.1, 0.15) is 51.5 Å². The predicted octanol–water partition coefficient (Wildman–Crippen LogP) is 6.51. The number of nitrogens with zero attached hydrogens (tertiary/aromatic N) is 1. The highest BCUT2D eigenvalue weighted by Gasteiger charge is 2.28. The van der Waals surface area contributed by atoms with Gasteiger partial charge >= 0.3 is 6.18 Å². The zero-order valence-electron chi connectivity index (χ0n) is 22.0. The monoisotopic (exact) mass is 571 g/mol. The Morgan fingerprint density at radius 1 is 1.08 bits per heavy atom. The number of nitrogens with one attached hydrogen (secondary N) is 2. The lowest BCUT2D eigenvalue weighted by atomic mass is 9.93.